The van der Waals surface area contributed by atoms with Gasteiger partial charge in [-0.15, -0.1) is 0 Å². The third-order valence-electron chi connectivity index (χ3n) is 3.46. The zero-order valence-electron chi connectivity index (χ0n) is 10.4. The molecule has 18 heavy (non-hydrogen) atoms. The first kappa shape index (κ1) is 13.4. The van der Waals surface area contributed by atoms with Crippen LogP contribution in [0.15, 0.2) is 24.3 Å². The van der Waals surface area contributed by atoms with Crippen molar-refractivity contribution in [3.05, 3.63) is 35.4 Å². The molecule has 0 aliphatic heterocycles. The third kappa shape index (κ3) is 3.25. The van der Waals surface area contributed by atoms with Crippen LogP contribution < -0.4 is 5.32 Å². The fraction of sp³-hybridized carbons (Fsp3) is 0.571. The molecule has 0 radical (unpaired) electrons. The summed E-state index contributed by atoms with van der Waals surface area (Å²) in [5.41, 5.74) is -0.183. The Labute approximate surface area is 105 Å². The summed E-state index contributed by atoms with van der Waals surface area (Å²) in [6.07, 6.45) is -0.854. The Morgan fingerprint density at radius 2 is 2.00 bits per heavy atom. The molecular weight excluding hydrogens is 239 g/mol. The molecule has 2 unspecified atom stereocenters. The smallest absolute Gasteiger partial charge is 0.310 e. The van der Waals surface area contributed by atoms with Crippen molar-refractivity contribution in [2.24, 2.45) is 5.92 Å². The quantitative estimate of drug-likeness (QED) is 0.841. The van der Waals surface area contributed by atoms with E-state index < -0.39 is 11.7 Å². The molecule has 1 fully saturated rings. The van der Waals surface area contributed by atoms with E-state index in [0.717, 1.165) is 18.9 Å². The number of hydrogen-bond donors (Lipinski definition) is 1. The van der Waals surface area contributed by atoms with Crippen molar-refractivity contribution in [1.29, 1.82) is 0 Å². The van der Waals surface area contributed by atoms with Crippen LogP contribution in [0.1, 0.15) is 37.3 Å². The first-order valence-corrected chi connectivity index (χ1v) is 6.41. The van der Waals surface area contributed by atoms with Crippen LogP contribution in [0.25, 0.3) is 0 Å². The predicted octanol–water partition coefficient (Wildman–Crippen LogP) is 3.98. The highest BCUT2D eigenvalue weighted by Crippen LogP contribution is 2.36. The molecule has 4 heteroatoms. The lowest BCUT2D eigenvalue weighted by Crippen LogP contribution is -2.20. The summed E-state index contributed by atoms with van der Waals surface area (Å²) in [7, 11) is 0. The van der Waals surface area contributed by atoms with Gasteiger partial charge in [0.2, 0.25) is 0 Å². The van der Waals surface area contributed by atoms with Crippen molar-refractivity contribution < 1.29 is 13.2 Å². The minimum absolute atomic E-state index is 0.306. The maximum atomic E-state index is 12.8. The second kappa shape index (κ2) is 5.31. The second-order valence-corrected chi connectivity index (χ2v) is 4.93. The van der Waals surface area contributed by atoms with E-state index in [2.05, 4.69) is 12.2 Å². The monoisotopic (exact) mass is 257 g/mol. The van der Waals surface area contributed by atoms with Gasteiger partial charge in [-0.05, 0) is 30.4 Å². The first-order valence-electron chi connectivity index (χ1n) is 6.41. The van der Waals surface area contributed by atoms with Crippen LogP contribution in [0, 0.1) is 5.92 Å². The molecule has 1 aromatic carbocycles. The maximum absolute atomic E-state index is 12.8. The number of halogens is 3. The van der Waals surface area contributed by atoms with E-state index in [0.29, 0.717) is 24.1 Å². The molecule has 0 aromatic heterocycles. The standard InChI is InChI=1S/C14H18F3N/c1-2-5-10-8-13(10)18-9-11-6-3-4-7-12(11)14(15,16)17/h3-4,6-7,10,13,18H,2,5,8-9H2,1H3. The van der Waals surface area contributed by atoms with Crippen LogP contribution in [0.3, 0.4) is 0 Å². The van der Waals surface area contributed by atoms with Crippen LogP contribution in [0.2, 0.25) is 0 Å². The molecule has 0 spiro atoms. The second-order valence-electron chi connectivity index (χ2n) is 4.93. The molecule has 2 rings (SSSR count). The molecule has 1 aliphatic carbocycles. The van der Waals surface area contributed by atoms with Gasteiger partial charge in [0, 0.05) is 12.6 Å². The molecule has 1 aromatic rings. The molecule has 0 heterocycles. The lowest BCUT2D eigenvalue weighted by molar-refractivity contribution is -0.138. The van der Waals surface area contributed by atoms with E-state index in [9.17, 15) is 13.2 Å². The molecule has 100 valence electrons. The van der Waals surface area contributed by atoms with Gasteiger partial charge >= 0.3 is 6.18 Å². The van der Waals surface area contributed by atoms with E-state index in [1.54, 1.807) is 12.1 Å². The Morgan fingerprint density at radius 1 is 1.28 bits per heavy atom. The molecule has 0 saturated heterocycles. The van der Waals surface area contributed by atoms with Crippen molar-refractivity contribution in [2.45, 2.75) is 44.9 Å². The van der Waals surface area contributed by atoms with E-state index >= 15 is 0 Å². The van der Waals surface area contributed by atoms with Gasteiger partial charge in [-0.1, -0.05) is 31.5 Å². The van der Waals surface area contributed by atoms with Gasteiger partial charge in [0.15, 0.2) is 0 Å². The number of benzene rings is 1. The number of rotatable bonds is 5. The predicted molar refractivity (Wildman–Crippen MR) is 65.1 cm³/mol. The van der Waals surface area contributed by atoms with Crippen LogP contribution >= 0.6 is 0 Å². The van der Waals surface area contributed by atoms with Gasteiger partial charge in [0.05, 0.1) is 5.56 Å². The van der Waals surface area contributed by atoms with Gasteiger partial charge in [-0.25, -0.2) is 0 Å². The molecule has 1 N–H and O–H groups in total. The topological polar surface area (TPSA) is 12.0 Å². The maximum Gasteiger partial charge on any atom is 0.416 e. The minimum atomic E-state index is -4.26. The Hall–Kier alpha value is -1.03. The number of hydrogen-bond acceptors (Lipinski definition) is 1. The summed E-state index contributed by atoms with van der Waals surface area (Å²) in [6.45, 7) is 2.44. The number of nitrogens with one attached hydrogen (secondary N) is 1. The Balaban J connectivity index is 1.94. The Morgan fingerprint density at radius 3 is 2.67 bits per heavy atom. The average molecular weight is 257 g/mol. The summed E-state index contributed by atoms with van der Waals surface area (Å²) in [6, 6.07) is 6.19. The van der Waals surface area contributed by atoms with E-state index in [1.165, 1.54) is 12.5 Å². The Kier molecular flexibility index (Phi) is 3.95. The van der Waals surface area contributed by atoms with Gasteiger partial charge in [-0.2, -0.15) is 13.2 Å². The average Bonchev–Trinajstić information content (AvgIpc) is 3.05. The molecule has 1 nitrogen and oxygen atoms in total. The van der Waals surface area contributed by atoms with Crippen molar-refractivity contribution in [2.75, 3.05) is 0 Å². The number of alkyl halides is 3. The molecule has 1 aliphatic rings. The highest BCUT2D eigenvalue weighted by atomic mass is 19.4. The van der Waals surface area contributed by atoms with E-state index in [-0.39, 0.29) is 0 Å². The summed E-state index contributed by atoms with van der Waals surface area (Å²) >= 11 is 0. The van der Waals surface area contributed by atoms with Gasteiger partial charge in [-0.3, -0.25) is 0 Å². The largest absolute Gasteiger partial charge is 0.416 e. The van der Waals surface area contributed by atoms with Crippen LogP contribution in [0.4, 0.5) is 13.2 Å². The fourth-order valence-corrected chi connectivity index (χ4v) is 2.38. The van der Waals surface area contributed by atoms with E-state index in [4.69, 9.17) is 0 Å². The van der Waals surface area contributed by atoms with Gasteiger partial charge in [0.25, 0.3) is 0 Å². The molecule has 0 bridgehead atoms. The fourth-order valence-electron chi connectivity index (χ4n) is 2.38. The minimum Gasteiger partial charge on any atom is -0.310 e. The summed E-state index contributed by atoms with van der Waals surface area (Å²) in [5, 5.41) is 3.22. The Bertz CT molecular complexity index is 400. The normalized spacial score (nSPS) is 23.1. The first-order chi connectivity index (χ1) is 8.52. The summed E-state index contributed by atoms with van der Waals surface area (Å²) in [4.78, 5) is 0. The van der Waals surface area contributed by atoms with Crippen LogP contribution in [-0.4, -0.2) is 6.04 Å². The van der Waals surface area contributed by atoms with Crippen molar-refractivity contribution >= 4 is 0 Å². The van der Waals surface area contributed by atoms with Crippen molar-refractivity contribution in [1.82, 2.24) is 5.32 Å². The van der Waals surface area contributed by atoms with E-state index in [1.807, 2.05) is 0 Å². The molecule has 2 atom stereocenters. The highest BCUT2D eigenvalue weighted by Gasteiger charge is 2.36. The SMILES string of the molecule is CCCC1CC1NCc1ccccc1C(F)(F)F. The van der Waals surface area contributed by atoms with Gasteiger partial charge in [0.1, 0.15) is 0 Å². The van der Waals surface area contributed by atoms with Crippen LogP contribution in [-0.2, 0) is 12.7 Å². The summed E-state index contributed by atoms with van der Waals surface area (Å²) in [5.74, 6) is 0.660. The summed E-state index contributed by atoms with van der Waals surface area (Å²) < 4.78 is 38.3. The van der Waals surface area contributed by atoms with Crippen molar-refractivity contribution in [3.8, 4) is 0 Å². The molecule has 0 amide bonds. The molecule has 1 saturated carbocycles. The lowest BCUT2D eigenvalue weighted by atomic mass is 10.1. The zero-order valence-corrected chi connectivity index (χ0v) is 10.4. The molecular formula is C14H18F3N. The zero-order chi connectivity index (χ0) is 13.2. The third-order valence-corrected chi connectivity index (χ3v) is 3.46. The van der Waals surface area contributed by atoms with Crippen LogP contribution in [0.5, 0.6) is 0 Å². The van der Waals surface area contributed by atoms with Crippen molar-refractivity contribution in [3.63, 3.8) is 0 Å². The van der Waals surface area contributed by atoms with Gasteiger partial charge < -0.3 is 5.32 Å². The lowest BCUT2D eigenvalue weighted by Gasteiger charge is -2.13. The highest BCUT2D eigenvalue weighted by molar-refractivity contribution is 5.29.